The number of hydrogen-bond acceptors (Lipinski definition) is 3. The smallest absolute Gasteiger partial charge is 0.125 e. The van der Waals surface area contributed by atoms with Crippen LogP contribution in [0.15, 0.2) is 41.0 Å². The second kappa shape index (κ2) is 6.46. The van der Waals surface area contributed by atoms with Gasteiger partial charge in [-0.2, -0.15) is 0 Å². The minimum atomic E-state index is -0.122. The molecule has 110 valence electrons. The van der Waals surface area contributed by atoms with Gasteiger partial charge in [-0.05, 0) is 32.1 Å². The Hall–Kier alpha value is -1.97. The van der Waals surface area contributed by atoms with Crippen molar-refractivity contribution in [2.75, 3.05) is 0 Å². The Morgan fingerprint density at radius 3 is 2.45 bits per heavy atom. The van der Waals surface area contributed by atoms with E-state index in [1.54, 1.807) is 6.08 Å². The number of aliphatic imine (C=N–C) groups is 1. The summed E-state index contributed by atoms with van der Waals surface area (Å²) in [4.78, 5) is 4.34. The molecule has 20 heavy (non-hydrogen) atoms. The first-order valence-electron chi connectivity index (χ1n) is 6.77. The summed E-state index contributed by atoms with van der Waals surface area (Å²) in [7, 11) is 0. The summed E-state index contributed by atoms with van der Waals surface area (Å²) < 4.78 is 5.62. The van der Waals surface area contributed by atoms with Crippen molar-refractivity contribution in [3.63, 3.8) is 0 Å². The zero-order chi connectivity index (χ0) is 15.3. The van der Waals surface area contributed by atoms with Gasteiger partial charge in [0.05, 0.1) is 11.8 Å². The van der Waals surface area contributed by atoms with E-state index in [1.165, 1.54) is 0 Å². The summed E-state index contributed by atoms with van der Waals surface area (Å²) in [6.45, 7) is 10.1. The molecule has 0 spiro atoms. The van der Waals surface area contributed by atoms with Gasteiger partial charge in [0.2, 0.25) is 0 Å². The van der Waals surface area contributed by atoms with E-state index in [0.29, 0.717) is 11.5 Å². The third-order valence-corrected chi connectivity index (χ3v) is 2.62. The first kappa shape index (κ1) is 16.1. The van der Waals surface area contributed by atoms with Crippen molar-refractivity contribution in [1.29, 1.82) is 0 Å². The monoisotopic (exact) mass is 275 g/mol. The number of hydrogen-bond donors (Lipinski definition) is 2. The van der Waals surface area contributed by atoms with Crippen LogP contribution in [0.3, 0.4) is 0 Å². The highest BCUT2D eigenvalue weighted by Gasteiger charge is 2.13. The number of rotatable bonds is 4. The summed E-state index contributed by atoms with van der Waals surface area (Å²) in [6, 6.07) is 7.52. The first-order valence-corrected chi connectivity index (χ1v) is 6.77. The van der Waals surface area contributed by atoms with Gasteiger partial charge in [-0.1, -0.05) is 26.8 Å². The minimum absolute atomic E-state index is 0.122. The van der Waals surface area contributed by atoms with E-state index in [0.717, 1.165) is 11.4 Å². The molecular weight excluding hydrogens is 250 g/mol. The predicted molar refractivity (Wildman–Crippen MR) is 85.2 cm³/mol. The molecule has 1 aromatic carbocycles. The summed E-state index contributed by atoms with van der Waals surface area (Å²) in [5.74, 6) is 1.17. The molecule has 0 aliphatic rings. The van der Waals surface area contributed by atoms with E-state index in [2.05, 4.69) is 4.99 Å². The lowest BCUT2D eigenvalue weighted by molar-refractivity contribution is 0.242. The maximum atomic E-state index is 5.98. The third-order valence-electron chi connectivity index (χ3n) is 2.62. The Balaban J connectivity index is 2.94. The van der Waals surface area contributed by atoms with Crippen LogP contribution in [0.4, 0.5) is 5.69 Å². The summed E-state index contributed by atoms with van der Waals surface area (Å²) in [5, 5.41) is 0. The van der Waals surface area contributed by atoms with Crippen LogP contribution in [0.2, 0.25) is 0 Å². The molecule has 1 aromatic rings. The zero-order valence-electron chi connectivity index (χ0n) is 13.0. The maximum absolute atomic E-state index is 5.98. The molecule has 0 aromatic heterocycles. The largest absolute Gasteiger partial charge is 0.491 e. The SMILES string of the molecule is CC(C)Oc1cccc(N=C(N)/C=C(\N)C(C)(C)C)c1. The topological polar surface area (TPSA) is 73.6 Å². The van der Waals surface area contributed by atoms with Crippen LogP contribution < -0.4 is 16.2 Å². The lowest BCUT2D eigenvalue weighted by Gasteiger charge is -2.18. The Morgan fingerprint density at radius 1 is 1.25 bits per heavy atom. The molecule has 0 aliphatic heterocycles. The van der Waals surface area contributed by atoms with E-state index in [1.807, 2.05) is 58.9 Å². The fourth-order valence-corrected chi connectivity index (χ4v) is 1.46. The minimum Gasteiger partial charge on any atom is -0.491 e. The van der Waals surface area contributed by atoms with Gasteiger partial charge < -0.3 is 16.2 Å². The molecule has 0 fully saturated rings. The molecule has 0 amide bonds. The third kappa shape index (κ3) is 5.34. The molecule has 0 unspecified atom stereocenters. The standard InChI is InChI=1S/C16H25N3O/c1-11(2)20-13-8-6-7-12(9-13)19-15(18)10-14(17)16(3,4)5/h6-11H,17H2,1-5H3,(H2,18,19)/b14-10-. The van der Waals surface area contributed by atoms with Crippen LogP contribution in [0, 0.1) is 5.41 Å². The molecule has 4 N–H and O–H groups in total. The van der Waals surface area contributed by atoms with E-state index >= 15 is 0 Å². The zero-order valence-corrected chi connectivity index (χ0v) is 13.0. The van der Waals surface area contributed by atoms with Gasteiger partial charge in [0.1, 0.15) is 11.6 Å². The predicted octanol–water partition coefficient (Wildman–Crippen LogP) is 3.35. The van der Waals surface area contributed by atoms with E-state index in [-0.39, 0.29) is 11.5 Å². The van der Waals surface area contributed by atoms with Gasteiger partial charge in [0.25, 0.3) is 0 Å². The van der Waals surface area contributed by atoms with Crippen LogP contribution in [-0.2, 0) is 0 Å². The van der Waals surface area contributed by atoms with E-state index in [9.17, 15) is 0 Å². The van der Waals surface area contributed by atoms with Crippen molar-refractivity contribution in [3.8, 4) is 5.75 Å². The van der Waals surface area contributed by atoms with Crippen LogP contribution in [0.5, 0.6) is 5.75 Å². The number of allylic oxidation sites excluding steroid dienone is 1. The average molecular weight is 275 g/mol. The summed E-state index contributed by atoms with van der Waals surface area (Å²) in [6.07, 6.45) is 1.83. The second-order valence-electron chi connectivity index (χ2n) is 6.05. The van der Waals surface area contributed by atoms with E-state index < -0.39 is 0 Å². The highest BCUT2D eigenvalue weighted by molar-refractivity contribution is 5.94. The molecule has 0 atom stereocenters. The van der Waals surface area contributed by atoms with Crippen molar-refractivity contribution < 1.29 is 4.74 Å². The molecule has 0 radical (unpaired) electrons. The van der Waals surface area contributed by atoms with E-state index in [4.69, 9.17) is 16.2 Å². The number of amidine groups is 1. The molecule has 0 heterocycles. The lowest BCUT2D eigenvalue weighted by atomic mass is 9.92. The van der Waals surface area contributed by atoms with Gasteiger partial charge in [0.15, 0.2) is 0 Å². The molecule has 0 bridgehead atoms. The van der Waals surface area contributed by atoms with Gasteiger partial charge in [-0.15, -0.1) is 0 Å². The fraction of sp³-hybridized carbons (Fsp3) is 0.438. The molecule has 4 nitrogen and oxygen atoms in total. The van der Waals surface area contributed by atoms with Gasteiger partial charge in [-0.3, -0.25) is 0 Å². The molecular formula is C16H25N3O. The Kier molecular flexibility index (Phi) is 5.19. The fourth-order valence-electron chi connectivity index (χ4n) is 1.46. The molecule has 1 rings (SSSR count). The number of benzene rings is 1. The Labute approximate surface area is 121 Å². The van der Waals surface area contributed by atoms with Crippen molar-refractivity contribution in [2.45, 2.75) is 40.7 Å². The van der Waals surface area contributed by atoms with Crippen molar-refractivity contribution in [1.82, 2.24) is 0 Å². The van der Waals surface area contributed by atoms with Gasteiger partial charge >= 0.3 is 0 Å². The number of nitrogens with two attached hydrogens (primary N) is 2. The number of nitrogens with zero attached hydrogens (tertiary/aromatic N) is 1. The summed E-state index contributed by atoms with van der Waals surface area (Å²) >= 11 is 0. The maximum Gasteiger partial charge on any atom is 0.125 e. The van der Waals surface area contributed by atoms with Crippen LogP contribution in [-0.4, -0.2) is 11.9 Å². The summed E-state index contributed by atoms with van der Waals surface area (Å²) in [5.41, 5.74) is 13.2. The highest BCUT2D eigenvalue weighted by atomic mass is 16.5. The van der Waals surface area contributed by atoms with Crippen molar-refractivity contribution in [2.24, 2.45) is 21.9 Å². The highest BCUT2D eigenvalue weighted by Crippen LogP contribution is 2.22. The Morgan fingerprint density at radius 2 is 1.90 bits per heavy atom. The quantitative estimate of drug-likeness (QED) is 0.653. The van der Waals surface area contributed by atoms with Crippen molar-refractivity contribution >= 4 is 11.5 Å². The molecule has 4 heteroatoms. The molecule has 0 saturated heterocycles. The number of ether oxygens (including phenoxy) is 1. The van der Waals surface area contributed by atoms with Gasteiger partial charge in [0, 0.05) is 17.2 Å². The van der Waals surface area contributed by atoms with Crippen molar-refractivity contribution in [3.05, 3.63) is 36.0 Å². The van der Waals surface area contributed by atoms with Crippen LogP contribution in [0.1, 0.15) is 34.6 Å². The Bertz CT molecular complexity index is 511. The van der Waals surface area contributed by atoms with Crippen LogP contribution in [0.25, 0.3) is 0 Å². The normalized spacial score (nSPS) is 13.7. The lowest BCUT2D eigenvalue weighted by Crippen LogP contribution is -2.20. The first-order chi connectivity index (χ1) is 9.18. The molecule has 0 aliphatic carbocycles. The average Bonchev–Trinajstić information content (AvgIpc) is 2.26. The second-order valence-corrected chi connectivity index (χ2v) is 6.05. The van der Waals surface area contributed by atoms with Crippen LogP contribution >= 0.6 is 0 Å². The van der Waals surface area contributed by atoms with Gasteiger partial charge in [-0.25, -0.2) is 4.99 Å². The molecule has 0 saturated carbocycles.